The molecule has 2 aliphatic rings. The number of aliphatic carboxylic acids is 1. The molecule has 0 radical (unpaired) electrons. The number of carbonyl (C=O) groups is 2. The first kappa shape index (κ1) is 12.4. The van der Waals surface area contributed by atoms with E-state index in [4.69, 9.17) is 5.11 Å². The SMILES string of the molecule is CC1CCCC1NC(=O)[C@@H]1CCC[C@@H]1C(=O)O. The third kappa shape index (κ3) is 2.61. The summed E-state index contributed by atoms with van der Waals surface area (Å²) in [6, 6.07) is 0.262. The van der Waals surface area contributed by atoms with Crippen LogP contribution in [0.5, 0.6) is 0 Å². The summed E-state index contributed by atoms with van der Waals surface area (Å²) in [6.45, 7) is 2.15. The highest BCUT2D eigenvalue weighted by atomic mass is 16.4. The highest BCUT2D eigenvalue weighted by molar-refractivity contribution is 5.85. The summed E-state index contributed by atoms with van der Waals surface area (Å²) in [5.41, 5.74) is 0. The first-order valence-electron chi connectivity index (χ1n) is 6.62. The summed E-state index contributed by atoms with van der Waals surface area (Å²) in [5, 5.41) is 12.1. The molecule has 2 N–H and O–H groups in total. The van der Waals surface area contributed by atoms with E-state index in [1.807, 2.05) is 0 Å². The van der Waals surface area contributed by atoms with Gasteiger partial charge in [0.15, 0.2) is 0 Å². The lowest BCUT2D eigenvalue weighted by molar-refractivity contribution is -0.146. The maximum absolute atomic E-state index is 12.1. The van der Waals surface area contributed by atoms with E-state index in [-0.39, 0.29) is 17.9 Å². The van der Waals surface area contributed by atoms with Crippen molar-refractivity contribution in [2.45, 2.75) is 51.5 Å². The van der Waals surface area contributed by atoms with E-state index in [1.54, 1.807) is 0 Å². The van der Waals surface area contributed by atoms with Gasteiger partial charge in [-0.1, -0.05) is 19.8 Å². The topological polar surface area (TPSA) is 66.4 Å². The quantitative estimate of drug-likeness (QED) is 0.789. The molecule has 96 valence electrons. The molecular formula is C13H21NO3. The minimum atomic E-state index is -0.817. The van der Waals surface area contributed by atoms with Crippen LogP contribution in [0.3, 0.4) is 0 Å². The summed E-state index contributed by atoms with van der Waals surface area (Å²) < 4.78 is 0. The van der Waals surface area contributed by atoms with Crippen LogP contribution in [0.25, 0.3) is 0 Å². The Morgan fingerprint density at radius 2 is 1.71 bits per heavy atom. The van der Waals surface area contributed by atoms with Crippen LogP contribution in [-0.4, -0.2) is 23.0 Å². The highest BCUT2D eigenvalue weighted by Gasteiger charge is 2.39. The molecule has 4 heteroatoms. The largest absolute Gasteiger partial charge is 0.481 e. The van der Waals surface area contributed by atoms with Gasteiger partial charge in [-0.25, -0.2) is 0 Å². The predicted molar refractivity (Wildman–Crippen MR) is 63.4 cm³/mol. The molecule has 4 atom stereocenters. The smallest absolute Gasteiger partial charge is 0.307 e. The molecule has 0 bridgehead atoms. The molecule has 0 aromatic carbocycles. The Bertz CT molecular complexity index is 316. The second-order valence-electron chi connectivity index (χ2n) is 5.51. The molecule has 2 saturated carbocycles. The Hall–Kier alpha value is -1.06. The molecule has 17 heavy (non-hydrogen) atoms. The van der Waals surface area contributed by atoms with Crippen LogP contribution in [0.1, 0.15) is 45.4 Å². The van der Waals surface area contributed by atoms with E-state index < -0.39 is 11.9 Å². The number of carbonyl (C=O) groups excluding carboxylic acids is 1. The van der Waals surface area contributed by atoms with Gasteiger partial charge in [0.1, 0.15) is 0 Å². The minimum absolute atomic E-state index is 0.0337. The fraction of sp³-hybridized carbons (Fsp3) is 0.846. The predicted octanol–water partition coefficient (Wildman–Crippen LogP) is 1.79. The molecule has 0 saturated heterocycles. The van der Waals surface area contributed by atoms with E-state index >= 15 is 0 Å². The number of amides is 1. The van der Waals surface area contributed by atoms with E-state index in [0.717, 1.165) is 25.7 Å². The molecule has 0 heterocycles. The molecule has 1 amide bonds. The van der Waals surface area contributed by atoms with Gasteiger partial charge in [-0.3, -0.25) is 9.59 Å². The molecule has 2 unspecified atom stereocenters. The zero-order valence-electron chi connectivity index (χ0n) is 10.3. The van der Waals surface area contributed by atoms with Gasteiger partial charge in [0, 0.05) is 6.04 Å². The van der Waals surface area contributed by atoms with Crippen molar-refractivity contribution in [3.05, 3.63) is 0 Å². The van der Waals surface area contributed by atoms with Crippen LogP contribution in [0, 0.1) is 17.8 Å². The molecule has 2 rings (SSSR count). The number of hydrogen-bond donors (Lipinski definition) is 2. The second-order valence-corrected chi connectivity index (χ2v) is 5.51. The average Bonchev–Trinajstić information content (AvgIpc) is 2.87. The van der Waals surface area contributed by atoms with Gasteiger partial charge in [0.25, 0.3) is 0 Å². The van der Waals surface area contributed by atoms with Crippen molar-refractivity contribution < 1.29 is 14.7 Å². The lowest BCUT2D eigenvalue weighted by atomic mass is 9.94. The van der Waals surface area contributed by atoms with Crippen molar-refractivity contribution in [3.8, 4) is 0 Å². The summed E-state index contributed by atoms with van der Waals surface area (Å²) in [5.74, 6) is -1.09. The summed E-state index contributed by atoms with van der Waals surface area (Å²) >= 11 is 0. The van der Waals surface area contributed by atoms with Gasteiger partial charge >= 0.3 is 5.97 Å². The van der Waals surface area contributed by atoms with Gasteiger partial charge in [0.05, 0.1) is 11.8 Å². The van der Waals surface area contributed by atoms with Crippen molar-refractivity contribution >= 4 is 11.9 Å². The molecule has 4 nitrogen and oxygen atoms in total. The van der Waals surface area contributed by atoms with Crippen LogP contribution in [-0.2, 0) is 9.59 Å². The molecule has 0 spiro atoms. The zero-order valence-corrected chi connectivity index (χ0v) is 10.3. The van der Waals surface area contributed by atoms with Crippen LogP contribution in [0.2, 0.25) is 0 Å². The fourth-order valence-electron chi connectivity index (χ4n) is 3.22. The van der Waals surface area contributed by atoms with Gasteiger partial charge in [-0.15, -0.1) is 0 Å². The Morgan fingerprint density at radius 1 is 1.06 bits per heavy atom. The van der Waals surface area contributed by atoms with Gasteiger partial charge in [-0.05, 0) is 31.6 Å². The van der Waals surface area contributed by atoms with E-state index in [1.165, 1.54) is 6.42 Å². The van der Waals surface area contributed by atoms with Gasteiger partial charge in [-0.2, -0.15) is 0 Å². The second kappa shape index (κ2) is 5.07. The van der Waals surface area contributed by atoms with Crippen molar-refractivity contribution in [3.63, 3.8) is 0 Å². The average molecular weight is 239 g/mol. The highest BCUT2D eigenvalue weighted by Crippen LogP contribution is 2.33. The van der Waals surface area contributed by atoms with Crippen molar-refractivity contribution in [1.29, 1.82) is 0 Å². The molecule has 2 fully saturated rings. The third-order valence-electron chi connectivity index (χ3n) is 4.36. The Kier molecular flexibility index (Phi) is 3.69. The monoisotopic (exact) mass is 239 g/mol. The first-order valence-corrected chi connectivity index (χ1v) is 6.62. The molecule has 0 aromatic rings. The van der Waals surface area contributed by atoms with Crippen LogP contribution >= 0.6 is 0 Å². The van der Waals surface area contributed by atoms with Crippen LogP contribution in [0.4, 0.5) is 0 Å². The number of rotatable bonds is 3. The lowest BCUT2D eigenvalue weighted by Gasteiger charge is -2.21. The van der Waals surface area contributed by atoms with Crippen molar-refractivity contribution in [2.75, 3.05) is 0 Å². The van der Waals surface area contributed by atoms with E-state index in [9.17, 15) is 9.59 Å². The lowest BCUT2D eigenvalue weighted by Crippen LogP contribution is -2.42. The fourth-order valence-corrected chi connectivity index (χ4v) is 3.22. The summed E-state index contributed by atoms with van der Waals surface area (Å²) in [4.78, 5) is 23.1. The Labute approximate surface area is 102 Å². The number of carboxylic acid groups (broad SMARTS) is 1. The van der Waals surface area contributed by atoms with Gasteiger partial charge in [0.2, 0.25) is 5.91 Å². The number of nitrogens with one attached hydrogen (secondary N) is 1. The standard InChI is InChI=1S/C13H21NO3/c1-8-4-2-7-11(8)14-12(15)9-5-3-6-10(9)13(16)17/h8-11H,2-7H2,1H3,(H,14,15)(H,16,17)/t8?,9-,10+,11?/m1/s1. The molecule has 0 aliphatic heterocycles. The minimum Gasteiger partial charge on any atom is -0.481 e. The van der Waals surface area contributed by atoms with Crippen LogP contribution < -0.4 is 5.32 Å². The van der Waals surface area contributed by atoms with E-state index in [0.29, 0.717) is 12.3 Å². The maximum atomic E-state index is 12.1. The third-order valence-corrected chi connectivity index (χ3v) is 4.36. The zero-order chi connectivity index (χ0) is 12.4. The number of hydrogen-bond acceptors (Lipinski definition) is 2. The van der Waals surface area contributed by atoms with E-state index in [2.05, 4.69) is 12.2 Å². The summed E-state index contributed by atoms with van der Waals surface area (Å²) in [6.07, 6.45) is 5.60. The molecular weight excluding hydrogens is 218 g/mol. The number of carboxylic acids is 1. The van der Waals surface area contributed by atoms with Crippen molar-refractivity contribution in [1.82, 2.24) is 5.32 Å². The normalized spacial score (nSPS) is 37.0. The summed E-state index contributed by atoms with van der Waals surface area (Å²) in [7, 11) is 0. The molecule has 2 aliphatic carbocycles. The van der Waals surface area contributed by atoms with Gasteiger partial charge < -0.3 is 10.4 Å². The maximum Gasteiger partial charge on any atom is 0.307 e. The van der Waals surface area contributed by atoms with Crippen LogP contribution in [0.15, 0.2) is 0 Å². The first-order chi connectivity index (χ1) is 8.09. The van der Waals surface area contributed by atoms with Crippen molar-refractivity contribution in [2.24, 2.45) is 17.8 Å². The Morgan fingerprint density at radius 3 is 2.29 bits per heavy atom. The Balaban J connectivity index is 1.93. The molecule has 0 aromatic heterocycles.